The number of nitrogens with one attached hydrogen (secondary N) is 1. The van der Waals surface area contributed by atoms with E-state index in [0.29, 0.717) is 12.2 Å². The van der Waals surface area contributed by atoms with Crippen LogP contribution in [0.1, 0.15) is 11.4 Å². The van der Waals surface area contributed by atoms with Crippen LogP contribution in [0, 0.1) is 5.41 Å². The van der Waals surface area contributed by atoms with E-state index in [-0.39, 0.29) is 5.84 Å². The van der Waals surface area contributed by atoms with E-state index in [2.05, 4.69) is 9.88 Å². The van der Waals surface area contributed by atoms with E-state index in [0.717, 1.165) is 24.7 Å². The van der Waals surface area contributed by atoms with E-state index in [4.69, 9.17) is 15.9 Å². The molecule has 1 heterocycles. The second-order valence-corrected chi connectivity index (χ2v) is 4.98. The minimum absolute atomic E-state index is 0.0661. The second kappa shape index (κ2) is 6.90. The average molecular weight is 287 g/mol. The summed E-state index contributed by atoms with van der Waals surface area (Å²) in [5.41, 5.74) is 6.11. The maximum atomic E-state index is 7.33. The van der Waals surface area contributed by atoms with Crippen LogP contribution in [0.4, 0.5) is 0 Å². The van der Waals surface area contributed by atoms with Crippen molar-refractivity contribution in [3.63, 3.8) is 0 Å². The Balaban J connectivity index is 1.76. The van der Waals surface area contributed by atoms with Crippen molar-refractivity contribution >= 4 is 5.84 Å². The van der Waals surface area contributed by atoms with Gasteiger partial charge in [0.1, 0.15) is 24.0 Å². The molecular weight excluding hydrogens is 266 g/mol. The number of nitrogens with two attached hydrogens (primary N) is 1. The molecule has 0 bridgehead atoms. The van der Waals surface area contributed by atoms with Crippen molar-refractivity contribution in [2.75, 3.05) is 20.2 Å². The molecule has 2 rings (SSSR count). The maximum Gasteiger partial charge on any atom is 0.122 e. The summed E-state index contributed by atoms with van der Waals surface area (Å²) in [6.07, 6.45) is 3.74. The third kappa shape index (κ3) is 4.32. The van der Waals surface area contributed by atoms with Crippen LogP contribution in [0.15, 0.2) is 36.7 Å². The molecule has 0 unspecified atom stereocenters. The zero-order valence-corrected chi connectivity index (χ0v) is 12.4. The molecule has 1 aromatic carbocycles. The highest BCUT2D eigenvalue weighted by Gasteiger charge is 2.05. The van der Waals surface area contributed by atoms with Crippen molar-refractivity contribution in [1.29, 1.82) is 5.41 Å². The molecule has 21 heavy (non-hydrogen) atoms. The summed E-state index contributed by atoms with van der Waals surface area (Å²) in [6, 6.07) is 7.23. The quantitative estimate of drug-likeness (QED) is 0.592. The van der Waals surface area contributed by atoms with E-state index in [1.54, 1.807) is 18.3 Å². The molecule has 6 nitrogen and oxygen atoms in total. The molecule has 1 aromatic heterocycles. The highest BCUT2D eigenvalue weighted by Crippen LogP contribution is 2.11. The third-order valence-electron chi connectivity index (χ3n) is 3.24. The van der Waals surface area contributed by atoms with Crippen LogP contribution < -0.4 is 10.5 Å². The molecule has 0 atom stereocenters. The monoisotopic (exact) mass is 287 g/mol. The molecule has 0 aliphatic rings. The standard InChI is InChI=1S/C15H21N5O/c1-19(11-14-18-7-8-20(14)2)9-10-21-13-5-3-12(4-6-13)15(16)17/h3-8H,9-11H2,1-2H3,(H3,16,17). The van der Waals surface area contributed by atoms with Gasteiger partial charge in [0.05, 0.1) is 6.54 Å². The SMILES string of the molecule is CN(CCOc1ccc(C(=N)N)cc1)Cc1nccn1C. The van der Waals surface area contributed by atoms with Crippen LogP contribution in [0.25, 0.3) is 0 Å². The summed E-state index contributed by atoms with van der Waals surface area (Å²) in [6.45, 7) is 2.19. The van der Waals surface area contributed by atoms with Crippen LogP contribution in [-0.4, -0.2) is 40.5 Å². The minimum atomic E-state index is 0.0661. The lowest BCUT2D eigenvalue weighted by molar-refractivity contribution is 0.228. The number of aryl methyl sites for hydroxylation is 1. The van der Waals surface area contributed by atoms with Gasteiger partial charge in [-0.2, -0.15) is 0 Å². The Kier molecular flexibility index (Phi) is 4.94. The molecule has 0 aliphatic heterocycles. The van der Waals surface area contributed by atoms with Crippen LogP contribution in [0.5, 0.6) is 5.75 Å². The van der Waals surface area contributed by atoms with Gasteiger partial charge in [-0.15, -0.1) is 0 Å². The molecule has 0 fully saturated rings. The van der Waals surface area contributed by atoms with Gasteiger partial charge in [-0.05, 0) is 31.3 Å². The van der Waals surface area contributed by atoms with Crippen molar-refractivity contribution in [3.8, 4) is 5.75 Å². The number of imidazole rings is 1. The molecule has 0 aliphatic carbocycles. The van der Waals surface area contributed by atoms with E-state index in [1.165, 1.54) is 0 Å². The number of ether oxygens (including phenoxy) is 1. The number of hydrogen-bond donors (Lipinski definition) is 2. The number of rotatable bonds is 7. The number of nitrogen functional groups attached to an aromatic ring is 1. The average Bonchev–Trinajstić information content (AvgIpc) is 2.85. The van der Waals surface area contributed by atoms with Crippen molar-refractivity contribution in [1.82, 2.24) is 14.5 Å². The first-order chi connectivity index (χ1) is 10.1. The van der Waals surface area contributed by atoms with Crippen LogP contribution in [0.3, 0.4) is 0 Å². The summed E-state index contributed by atoms with van der Waals surface area (Å²) in [4.78, 5) is 6.46. The Morgan fingerprint density at radius 1 is 1.38 bits per heavy atom. The van der Waals surface area contributed by atoms with E-state index in [9.17, 15) is 0 Å². The first kappa shape index (κ1) is 15.1. The first-order valence-electron chi connectivity index (χ1n) is 6.78. The van der Waals surface area contributed by atoms with E-state index in [1.807, 2.05) is 37.0 Å². The van der Waals surface area contributed by atoms with Gasteiger partial charge in [-0.1, -0.05) is 0 Å². The van der Waals surface area contributed by atoms with Gasteiger partial charge in [0.25, 0.3) is 0 Å². The summed E-state index contributed by atoms with van der Waals surface area (Å²) >= 11 is 0. The Morgan fingerprint density at radius 3 is 2.67 bits per heavy atom. The largest absolute Gasteiger partial charge is 0.492 e. The molecule has 0 saturated heterocycles. The van der Waals surface area contributed by atoms with Crippen LogP contribution in [-0.2, 0) is 13.6 Å². The normalized spacial score (nSPS) is 10.8. The van der Waals surface area contributed by atoms with Gasteiger partial charge in [0.15, 0.2) is 0 Å². The predicted octanol–water partition coefficient (Wildman–Crippen LogP) is 1.21. The molecule has 3 N–H and O–H groups in total. The number of benzene rings is 1. The van der Waals surface area contributed by atoms with Gasteiger partial charge in [0, 0.05) is 31.5 Å². The zero-order chi connectivity index (χ0) is 15.2. The first-order valence-corrected chi connectivity index (χ1v) is 6.78. The number of likely N-dealkylation sites (N-methyl/N-ethyl adjacent to an activating group) is 1. The van der Waals surface area contributed by atoms with Gasteiger partial charge in [-0.25, -0.2) is 4.98 Å². The second-order valence-electron chi connectivity index (χ2n) is 4.98. The number of amidine groups is 1. The molecular formula is C15H21N5O. The van der Waals surface area contributed by atoms with Crippen LogP contribution in [0.2, 0.25) is 0 Å². The van der Waals surface area contributed by atoms with Crippen molar-refractivity contribution < 1.29 is 4.74 Å². The Morgan fingerprint density at radius 2 is 2.10 bits per heavy atom. The summed E-state index contributed by atoms with van der Waals surface area (Å²) in [5, 5.41) is 7.33. The highest BCUT2D eigenvalue weighted by molar-refractivity contribution is 5.94. The van der Waals surface area contributed by atoms with Gasteiger partial charge >= 0.3 is 0 Å². The Hall–Kier alpha value is -2.34. The highest BCUT2D eigenvalue weighted by atomic mass is 16.5. The van der Waals surface area contributed by atoms with Crippen molar-refractivity contribution in [2.45, 2.75) is 6.54 Å². The molecule has 0 spiro atoms. The van der Waals surface area contributed by atoms with Crippen molar-refractivity contribution in [2.24, 2.45) is 12.8 Å². The number of aromatic nitrogens is 2. The fourth-order valence-corrected chi connectivity index (χ4v) is 1.92. The Bertz CT molecular complexity index is 590. The molecule has 0 amide bonds. The summed E-state index contributed by atoms with van der Waals surface area (Å²) < 4.78 is 7.69. The van der Waals surface area contributed by atoms with Gasteiger partial charge < -0.3 is 15.0 Å². The summed E-state index contributed by atoms with van der Waals surface area (Å²) in [5.74, 6) is 1.88. The number of hydrogen-bond acceptors (Lipinski definition) is 4. The maximum absolute atomic E-state index is 7.33. The fraction of sp³-hybridized carbons (Fsp3) is 0.333. The topological polar surface area (TPSA) is 80.2 Å². The molecule has 112 valence electrons. The smallest absolute Gasteiger partial charge is 0.122 e. The molecule has 2 aromatic rings. The lowest BCUT2D eigenvalue weighted by atomic mass is 10.2. The summed E-state index contributed by atoms with van der Waals surface area (Å²) in [7, 11) is 4.03. The van der Waals surface area contributed by atoms with Crippen molar-refractivity contribution in [3.05, 3.63) is 48.0 Å². The van der Waals surface area contributed by atoms with Crippen LogP contribution >= 0.6 is 0 Å². The third-order valence-corrected chi connectivity index (χ3v) is 3.24. The molecule has 0 radical (unpaired) electrons. The zero-order valence-electron chi connectivity index (χ0n) is 12.4. The minimum Gasteiger partial charge on any atom is -0.492 e. The Labute approximate surface area is 124 Å². The predicted molar refractivity (Wildman–Crippen MR) is 82.5 cm³/mol. The van der Waals surface area contributed by atoms with Gasteiger partial charge in [0.2, 0.25) is 0 Å². The lowest BCUT2D eigenvalue weighted by Crippen LogP contribution is -2.25. The molecule has 0 saturated carbocycles. The fourth-order valence-electron chi connectivity index (χ4n) is 1.92. The molecule has 6 heteroatoms. The van der Waals surface area contributed by atoms with Gasteiger partial charge in [-0.3, -0.25) is 10.3 Å². The van der Waals surface area contributed by atoms with E-state index >= 15 is 0 Å². The number of nitrogens with zero attached hydrogens (tertiary/aromatic N) is 3. The van der Waals surface area contributed by atoms with E-state index < -0.39 is 0 Å². The lowest BCUT2D eigenvalue weighted by Gasteiger charge is -2.16.